The topological polar surface area (TPSA) is 46.8 Å². The van der Waals surface area contributed by atoms with Crippen LogP contribution in [0.25, 0.3) is 78.1 Å². The number of hydrogen-bond donors (Lipinski definition) is 0. The van der Waals surface area contributed by atoms with Crippen LogP contribution in [0.2, 0.25) is 0 Å². The van der Waals surface area contributed by atoms with E-state index >= 15 is 0 Å². The molecular weight excluding hydrogens is 707 g/mol. The first-order valence-corrected chi connectivity index (χ1v) is 20.0. The van der Waals surface area contributed by atoms with E-state index in [1.807, 2.05) is 76.3 Å². The second-order valence-electron chi connectivity index (χ2n) is 13.9. The fourth-order valence-electron chi connectivity index (χ4n) is 8.20. The van der Waals surface area contributed by atoms with Crippen molar-refractivity contribution in [2.75, 3.05) is 4.90 Å². The Hall–Kier alpha value is -7.37. The summed E-state index contributed by atoms with van der Waals surface area (Å²) in [5.74, 6) is 1.90. The molecule has 0 spiro atoms. The maximum absolute atomic E-state index is 5.09. The van der Waals surface area contributed by atoms with E-state index < -0.39 is 0 Å². The lowest BCUT2D eigenvalue weighted by Crippen LogP contribution is -2.11. The Labute approximate surface area is 340 Å². The molecule has 0 radical (unpaired) electrons. The van der Waals surface area contributed by atoms with Crippen LogP contribution in [0.5, 0.6) is 0 Å². The lowest BCUT2D eigenvalue weighted by Gasteiger charge is -2.27. The molecule has 0 N–H and O–H groups in total. The molecule has 2 aromatic heterocycles. The largest absolute Gasteiger partial charge is 0.309 e. The van der Waals surface area contributed by atoms with Crippen LogP contribution in [0.1, 0.15) is 33.5 Å². The Morgan fingerprint density at radius 3 is 1.88 bits per heavy atom. The molecule has 0 unspecified atom stereocenters. The molecule has 5 heteroatoms. The Kier molecular flexibility index (Phi) is 9.78. The molecule has 0 atom stereocenters. The molecule has 1 aliphatic rings. The molecule has 7 aromatic carbocycles. The standard InChI is InChI=1S/C51H37N5.C2H6/c1-3-18-34(4-2)49-52-50(35-19-7-5-8-20-35)54-51(53-49)36-21-17-24-38(33-36)56-45-30-16-14-27-41(45)43-31-32-46-47(48(43)56)42-28-12-11-25-39(42)40-26-13-15-29-44(40)55(46)37-22-9-6-10-23-37;1-2/h3-33H,1-2H3;1-2H3/b18-3-,34-4+;. The van der Waals surface area contributed by atoms with Gasteiger partial charge in [0.25, 0.3) is 0 Å². The summed E-state index contributed by atoms with van der Waals surface area (Å²) in [5.41, 5.74) is 14.2. The van der Waals surface area contributed by atoms with E-state index in [1.165, 1.54) is 33.0 Å². The number of aromatic nitrogens is 4. The molecule has 1 aliphatic heterocycles. The van der Waals surface area contributed by atoms with E-state index in [0.29, 0.717) is 17.5 Å². The Balaban J connectivity index is 0.00000215. The molecule has 280 valence electrons. The van der Waals surface area contributed by atoms with Crippen LogP contribution in [0.15, 0.2) is 188 Å². The average Bonchev–Trinajstić information content (AvgIpc) is 3.57. The van der Waals surface area contributed by atoms with Crippen molar-refractivity contribution in [1.82, 2.24) is 19.5 Å². The van der Waals surface area contributed by atoms with Crippen molar-refractivity contribution < 1.29 is 0 Å². The monoisotopic (exact) mass is 749 g/mol. The number of rotatable bonds is 6. The number of para-hydroxylation sites is 3. The summed E-state index contributed by atoms with van der Waals surface area (Å²) >= 11 is 0. The lowest BCUT2D eigenvalue weighted by atomic mass is 9.93. The fraction of sp³-hybridized carbons (Fsp3) is 0.0755. The molecule has 10 rings (SSSR count). The molecule has 5 nitrogen and oxygen atoms in total. The zero-order valence-corrected chi connectivity index (χ0v) is 33.1. The Bertz CT molecular complexity index is 2990. The van der Waals surface area contributed by atoms with Crippen molar-refractivity contribution in [2.45, 2.75) is 27.7 Å². The molecule has 0 aliphatic carbocycles. The second kappa shape index (κ2) is 15.6. The van der Waals surface area contributed by atoms with E-state index in [-0.39, 0.29) is 0 Å². The first-order valence-electron chi connectivity index (χ1n) is 20.0. The lowest BCUT2D eigenvalue weighted by molar-refractivity contribution is 1.03. The number of benzene rings is 7. The molecule has 3 heterocycles. The SMILES string of the molecule is C/C=C\C(=C/C)c1nc(-c2ccccc2)nc(-c2cccc(-n3c4ccccc4c4ccc5c(c43)-c3ccccc3-c3ccccc3N5c3ccccc3)c2)n1.CC. The van der Waals surface area contributed by atoms with Gasteiger partial charge in [0, 0.05) is 50.0 Å². The van der Waals surface area contributed by atoms with Crippen LogP contribution in [0, 0.1) is 0 Å². The van der Waals surface area contributed by atoms with E-state index in [1.54, 1.807) is 0 Å². The molecule has 0 saturated carbocycles. The summed E-state index contributed by atoms with van der Waals surface area (Å²) in [6.07, 6.45) is 6.11. The first kappa shape index (κ1) is 36.3. The van der Waals surface area contributed by atoms with Crippen LogP contribution >= 0.6 is 0 Å². The Morgan fingerprint density at radius 2 is 1.12 bits per heavy atom. The summed E-state index contributed by atoms with van der Waals surface area (Å²) < 4.78 is 2.43. The number of allylic oxidation sites excluding steroid dienone is 4. The maximum Gasteiger partial charge on any atom is 0.164 e. The van der Waals surface area contributed by atoms with E-state index in [0.717, 1.165) is 50.5 Å². The van der Waals surface area contributed by atoms with Gasteiger partial charge in [-0.25, -0.2) is 15.0 Å². The number of fused-ring (bicyclic) bond motifs is 9. The molecule has 0 saturated heterocycles. The van der Waals surface area contributed by atoms with Gasteiger partial charge in [-0.1, -0.05) is 159 Å². The predicted octanol–water partition coefficient (Wildman–Crippen LogP) is 14.4. The molecule has 9 aromatic rings. The van der Waals surface area contributed by atoms with Crippen molar-refractivity contribution in [3.05, 3.63) is 194 Å². The van der Waals surface area contributed by atoms with Crippen molar-refractivity contribution in [3.63, 3.8) is 0 Å². The van der Waals surface area contributed by atoms with Gasteiger partial charge in [0.1, 0.15) is 0 Å². The minimum absolute atomic E-state index is 0.621. The highest BCUT2D eigenvalue weighted by Gasteiger charge is 2.29. The van der Waals surface area contributed by atoms with Crippen molar-refractivity contribution in [1.29, 1.82) is 0 Å². The molecule has 0 fully saturated rings. The van der Waals surface area contributed by atoms with E-state index in [4.69, 9.17) is 15.0 Å². The number of hydrogen-bond acceptors (Lipinski definition) is 4. The zero-order valence-electron chi connectivity index (χ0n) is 33.1. The summed E-state index contributed by atoms with van der Waals surface area (Å²) in [4.78, 5) is 17.5. The third kappa shape index (κ3) is 6.18. The van der Waals surface area contributed by atoms with Gasteiger partial charge in [0.05, 0.1) is 22.4 Å². The molecule has 0 bridgehead atoms. The van der Waals surface area contributed by atoms with Gasteiger partial charge in [-0.15, -0.1) is 0 Å². The average molecular weight is 750 g/mol. The van der Waals surface area contributed by atoms with E-state index in [9.17, 15) is 0 Å². The van der Waals surface area contributed by atoms with Crippen LogP contribution in [0.4, 0.5) is 17.1 Å². The zero-order chi connectivity index (χ0) is 39.6. The van der Waals surface area contributed by atoms with Gasteiger partial charge in [-0.2, -0.15) is 0 Å². The van der Waals surface area contributed by atoms with Crippen molar-refractivity contribution in [2.24, 2.45) is 0 Å². The predicted molar refractivity (Wildman–Crippen MR) is 244 cm³/mol. The minimum Gasteiger partial charge on any atom is -0.309 e. The number of anilines is 3. The molecular formula is C53H43N5. The summed E-state index contributed by atoms with van der Waals surface area (Å²) in [6, 6.07) is 60.4. The van der Waals surface area contributed by atoms with Gasteiger partial charge >= 0.3 is 0 Å². The van der Waals surface area contributed by atoms with Crippen molar-refractivity contribution in [3.8, 4) is 50.7 Å². The van der Waals surface area contributed by atoms with Crippen LogP contribution < -0.4 is 4.90 Å². The van der Waals surface area contributed by atoms with Crippen LogP contribution in [0.3, 0.4) is 0 Å². The number of nitrogens with zero attached hydrogens (tertiary/aromatic N) is 5. The van der Waals surface area contributed by atoms with E-state index in [2.05, 4.69) is 149 Å². The minimum atomic E-state index is 0.621. The second-order valence-corrected chi connectivity index (χ2v) is 13.9. The first-order chi connectivity index (χ1) is 28.7. The van der Waals surface area contributed by atoms with Crippen LogP contribution in [-0.4, -0.2) is 19.5 Å². The highest BCUT2D eigenvalue weighted by molar-refractivity contribution is 6.19. The smallest absolute Gasteiger partial charge is 0.164 e. The highest BCUT2D eigenvalue weighted by atomic mass is 15.2. The van der Waals surface area contributed by atoms with Gasteiger partial charge < -0.3 is 9.47 Å². The van der Waals surface area contributed by atoms with Gasteiger partial charge in [0.2, 0.25) is 0 Å². The summed E-state index contributed by atoms with van der Waals surface area (Å²) in [7, 11) is 0. The molecule has 0 amide bonds. The third-order valence-corrected chi connectivity index (χ3v) is 10.6. The van der Waals surface area contributed by atoms with Gasteiger partial charge in [-0.3, -0.25) is 0 Å². The molecule has 58 heavy (non-hydrogen) atoms. The highest BCUT2D eigenvalue weighted by Crippen LogP contribution is 2.54. The fourth-order valence-corrected chi connectivity index (χ4v) is 8.20. The summed E-state index contributed by atoms with van der Waals surface area (Å²) in [5, 5.41) is 2.38. The normalized spacial score (nSPS) is 12.1. The maximum atomic E-state index is 5.09. The third-order valence-electron chi connectivity index (χ3n) is 10.6. The Morgan fingerprint density at radius 1 is 0.500 bits per heavy atom. The summed E-state index contributed by atoms with van der Waals surface area (Å²) in [6.45, 7) is 8.03. The van der Waals surface area contributed by atoms with Crippen LogP contribution in [-0.2, 0) is 0 Å². The van der Waals surface area contributed by atoms with Gasteiger partial charge in [-0.05, 0) is 67.4 Å². The van der Waals surface area contributed by atoms with Crippen molar-refractivity contribution >= 4 is 44.4 Å². The van der Waals surface area contributed by atoms with Gasteiger partial charge in [0.15, 0.2) is 17.5 Å². The quantitative estimate of drug-likeness (QED) is 0.159.